The van der Waals surface area contributed by atoms with Crippen molar-refractivity contribution in [3.05, 3.63) is 34.9 Å². The Morgan fingerprint density at radius 2 is 2.24 bits per heavy atom. The first kappa shape index (κ1) is 17.6. The largest absolute Gasteiger partial charge is 0.482 e. The lowest BCUT2D eigenvalue weighted by atomic mass is 9.98. The average molecular weight is 368 g/mol. The molecule has 1 aromatic heterocycles. The summed E-state index contributed by atoms with van der Waals surface area (Å²) in [5.74, 6) is 0.784. The Bertz CT molecular complexity index is 761. The molecule has 2 heterocycles. The predicted octanol–water partition coefficient (Wildman–Crippen LogP) is 2.09. The fraction of sp³-hybridized carbons (Fsp3) is 0.438. The number of nitrogens with one attached hydrogen (secondary N) is 2. The maximum Gasteiger partial charge on any atom is 0.264 e. The van der Waals surface area contributed by atoms with Crippen molar-refractivity contribution in [1.82, 2.24) is 20.1 Å². The molecule has 0 bridgehead atoms. The number of carbonyl (C=O) groups excluding carboxylic acids is 1. The fourth-order valence-electron chi connectivity index (χ4n) is 2.66. The van der Waals surface area contributed by atoms with Crippen LogP contribution in [0, 0.1) is 5.82 Å². The number of halogens is 2. The second kappa shape index (κ2) is 7.79. The van der Waals surface area contributed by atoms with E-state index >= 15 is 0 Å². The summed E-state index contributed by atoms with van der Waals surface area (Å²) in [5.41, 5.74) is 0. The molecule has 3 rings (SSSR count). The summed E-state index contributed by atoms with van der Waals surface area (Å²) < 4.78 is 19.8. The highest BCUT2D eigenvalue weighted by molar-refractivity contribution is 6.32. The van der Waals surface area contributed by atoms with Crippen LogP contribution in [0.25, 0.3) is 0 Å². The number of nitrogens with zero attached hydrogens (tertiary/aromatic N) is 3. The Balaban J connectivity index is 1.58. The van der Waals surface area contributed by atoms with Gasteiger partial charge in [-0.1, -0.05) is 11.6 Å². The Hall–Kier alpha value is -2.19. The third-order valence-electron chi connectivity index (χ3n) is 3.99. The lowest BCUT2D eigenvalue weighted by Crippen LogP contribution is -2.27. The molecule has 0 unspecified atom stereocenters. The molecular formula is C16H19ClFN5O2. The molecule has 1 aromatic carbocycles. The number of hydrogen-bond donors (Lipinski definition) is 2. The van der Waals surface area contributed by atoms with Crippen LogP contribution in [0.2, 0.25) is 5.02 Å². The molecule has 2 aromatic rings. The molecular weight excluding hydrogens is 349 g/mol. The number of carbonyl (C=O) groups is 1. The maximum absolute atomic E-state index is 13.0. The molecule has 0 spiro atoms. The van der Waals surface area contributed by atoms with Crippen molar-refractivity contribution in [3.63, 3.8) is 0 Å². The molecule has 1 amide bonds. The van der Waals surface area contributed by atoms with Gasteiger partial charge in [-0.2, -0.15) is 10.1 Å². The highest BCUT2D eigenvalue weighted by atomic mass is 35.5. The monoisotopic (exact) mass is 367 g/mol. The molecule has 25 heavy (non-hydrogen) atoms. The normalized spacial score (nSPS) is 15.2. The number of anilines is 1. The summed E-state index contributed by atoms with van der Waals surface area (Å²) in [6.45, 7) is 1.62. The van der Waals surface area contributed by atoms with Crippen molar-refractivity contribution in [2.75, 3.05) is 25.0 Å². The van der Waals surface area contributed by atoms with Gasteiger partial charge in [0.15, 0.2) is 12.4 Å². The van der Waals surface area contributed by atoms with Crippen LogP contribution in [0.4, 0.5) is 10.3 Å². The van der Waals surface area contributed by atoms with E-state index < -0.39 is 11.7 Å². The van der Waals surface area contributed by atoms with Crippen LogP contribution in [0.15, 0.2) is 18.2 Å². The van der Waals surface area contributed by atoms with Crippen molar-refractivity contribution >= 4 is 23.5 Å². The molecule has 1 fully saturated rings. The lowest BCUT2D eigenvalue weighted by molar-refractivity contribution is -0.118. The zero-order chi connectivity index (χ0) is 17.8. The van der Waals surface area contributed by atoms with Gasteiger partial charge in [0.1, 0.15) is 11.6 Å². The Labute approximate surface area is 149 Å². The van der Waals surface area contributed by atoms with Gasteiger partial charge in [-0.25, -0.2) is 9.07 Å². The summed E-state index contributed by atoms with van der Waals surface area (Å²) in [7, 11) is 1.73. The highest BCUT2D eigenvalue weighted by Gasteiger charge is 2.21. The van der Waals surface area contributed by atoms with Gasteiger partial charge in [0.05, 0.1) is 5.02 Å². The number of benzene rings is 1. The second-order valence-electron chi connectivity index (χ2n) is 5.85. The van der Waals surface area contributed by atoms with E-state index in [9.17, 15) is 9.18 Å². The molecule has 1 aliphatic rings. The average Bonchev–Trinajstić information content (AvgIpc) is 2.95. The van der Waals surface area contributed by atoms with Gasteiger partial charge >= 0.3 is 0 Å². The van der Waals surface area contributed by atoms with Gasteiger partial charge in [-0.15, -0.1) is 0 Å². The first-order chi connectivity index (χ1) is 12.0. The van der Waals surface area contributed by atoms with Crippen molar-refractivity contribution in [3.8, 4) is 5.75 Å². The summed E-state index contributed by atoms with van der Waals surface area (Å²) in [4.78, 5) is 16.5. The molecule has 2 N–H and O–H groups in total. The van der Waals surface area contributed by atoms with Crippen molar-refractivity contribution in [1.29, 1.82) is 0 Å². The summed E-state index contributed by atoms with van der Waals surface area (Å²) >= 11 is 5.86. The van der Waals surface area contributed by atoms with Crippen molar-refractivity contribution in [2.24, 2.45) is 7.05 Å². The minimum atomic E-state index is -0.466. The van der Waals surface area contributed by atoms with E-state index in [0.29, 0.717) is 11.9 Å². The number of piperidine rings is 1. The van der Waals surface area contributed by atoms with Crippen LogP contribution in [0.3, 0.4) is 0 Å². The molecule has 1 saturated heterocycles. The molecule has 7 nitrogen and oxygen atoms in total. The standard InChI is InChI=1S/C16H19ClFN5O2/c1-23-16(21-15(22-23)10-4-6-19-7-5-10)20-14(24)9-25-13-3-2-11(18)8-12(13)17/h2-3,8,10,19H,4-7,9H2,1H3,(H,20,21,22,24). The van der Waals surface area contributed by atoms with Gasteiger partial charge < -0.3 is 10.1 Å². The minimum absolute atomic E-state index is 0.111. The number of ether oxygens (including phenoxy) is 1. The third kappa shape index (κ3) is 4.46. The van der Waals surface area contributed by atoms with E-state index in [1.165, 1.54) is 12.1 Å². The second-order valence-corrected chi connectivity index (χ2v) is 6.26. The Morgan fingerprint density at radius 1 is 1.48 bits per heavy atom. The molecule has 9 heteroatoms. The van der Waals surface area contributed by atoms with Crippen molar-refractivity contribution < 1.29 is 13.9 Å². The van der Waals surface area contributed by atoms with Gasteiger partial charge in [-0.3, -0.25) is 10.1 Å². The van der Waals surface area contributed by atoms with Gasteiger partial charge in [-0.05, 0) is 44.1 Å². The van der Waals surface area contributed by atoms with Crippen LogP contribution in [0.5, 0.6) is 5.75 Å². The van der Waals surface area contributed by atoms with Gasteiger partial charge in [0, 0.05) is 13.0 Å². The molecule has 0 radical (unpaired) electrons. The molecule has 0 atom stereocenters. The first-order valence-corrected chi connectivity index (χ1v) is 8.40. The third-order valence-corrected chi connectivity index (χ3v) is 4.28. The molecule has 0 saturated carbocycles. The number of rotatable bonds is 5. The Morgan fingerprint density at radius 3 is 2.96 bits per heavy atom. The summed E-state index contributed by atoms with van der Waals surface area (Å²) in [6, 6.07) is 3.72. The lowest BCUT2D eigenvalue weighted by Gasteiger charge is -2.19. The zero-order valence-corrected chi connectivity index (χ0v) is 14.5. The Kier molecular flexibility index (Phi) is 5.50. The van der Waals surface area contributed by atoms with Crippen LogP contribution in [-0.4, -0.2) is 40.4 Å². The predicted molar refractivity (Wildman–Crippen MR) is 91.4 cm³/mol. The van der Waals surface area contributed by atoms with Crippen LogP contribution in [-0.2, 0) is 11.8 Å². The summed E-state index contributed by atoms with van der Waals surface area (Å²) in [6.07, 6.45) is 1.95. The fourth-order valence-corrected chi connectivity index (χ4v) is 2.88. The van der Waals surface area contributed by atoms with Gasteiger partial charge in [0.2, 0.25) is 5.95 Å². The van der Waals surface area contributed by atoms with E-state index in [0.717, 1.165) is 37.8 Å². The SMILES string of the molecule is Cn1nc(C2CCNCC2)nc1NC(=O)COc1ccc(F)cc1Cl. The van der Waals surface area contributed by atoms with E-state index in [1.807, 2.05) is 0 Å². The topological polar surface area (TPSA) is 81.1 Å². The van der Waals surface area contributed by atoms with Crippen LogP contribution >= 0.6 is 11.6 Å². The summed E-state index contributed by atoms with van der Waals surface area (Å²) in [5, 5.41) is 10.5. The number of aromatic nitrogens is 3. The molecule has 1 aliphatic heterocycles. The van der Waals surface area contributed by atoms with E-state index in [4.69, 9.17) is 16.3 Å². The quantitative estimate of drug-likeness (QED) is 0.845. The number of amides is 1. The first-order valence-electron chi connectivity index (χ1n) is 8.02. The molecule has 134 valence electrons. The van der Waals surface area contributed by atoms with E-state index in [-0.39, 0.29) is 17.4 Å². The van der Waals surface area contributed by atoms with Crippen molar-refractivity contribution in [2.45, 2.75) is 18.8 Å². The van der Waals surface area contributed by atoms with Crippen LogP contribution < -0.4 is 15.4 Å². The maximum atomic E-state index is 13.0. The van der Waals surface area contributed by atoms with E-state index in [1.54, 1.807) is 11.7 Å². The minimum Gasteiger partial charge on any atom is -0.482 e. The zero-order valence-electron chi connectivity index (χ0n) is 13.8. The number of aryl methyl sites for hydroxylation is 1. The smallest absolute Gasteiger partial charge is 0.264 e. The molecule has 0 aliphatic carbocycles. The van der Waals surface area contributed by atoms with Gasteiger partial charge in [0.25, 0.3) is 5.91 Å². The highest BCUT2D eigenvalue weighted by Crippen LogP contribution is 2.25. The number of hydrogen-bond acceptors (Lipinski definition) is 5. The van der Waals surface area contributed by atoms with Crippen LogP contribution in [0.1, 0.15) is 24.6 Å². The van der Waals surface area contributed by atoms with E-state index in [2.05, 4.69) is 20.7 Å².